The first-order valence-corrected chi connectivity index (χ1v) is 14.2. The lowest BCUT2D eigenvalue weighted by molar-refractivity contribution is -0.126. The quantitative estimate of drug-likeness (QED) is 0.112. The summed E-state index contributed by atoms with van der Waals surface area (Å²) < 4.78 is 0. The molecule has 0 aliphatic heterocycles. The van der Waals surface area contributed by atoms with Gasteiger partial charge in [0.1, 0.15) is 0 Å². The molecule has 0 saturated heterocycles. The highest BCUT2D eigenvalue weighted by atomic mass is 32.1. The number of allylic oxidation sites excluding steroid dienone is 7. The van der Waals surface area contributed by atoms with Gasteiger partial charge in [-0.3, -0.25) is 10.0 Å². The Morgan fingerprint density at radius 1 is 1.18 bits per heavy atom. The van der Waals surface area contributed by atoms with E-state index in [4.69, 9.17) is 10.3 Å². The monoisotopic (exact) mass is 545 g/mol. The zero-order valence-electron chi connectivity index (χ0n) is 24.5. The van der Waals surface area contributed by atoms with Crippen molar-refractivity contribution in [1.29, 1.82) is 0 Å². The molecule has 2 aromatic rings. The van der Waals surface area contributed by atoms with E-state index < -0.39 is 5.91 Å². The maximum atomic E-state index is 9.45. The molecule has 0 saturated carbocycles. The molecule has 5 N–H and O–H groups in total. The second kappa shape index (κ2) is 27.3. The number of amides is 1. The summed E-state index contributed by atoms with van der Waals surface area (Å²) in [6.07, 6.45) is 21.6. The molecule has 1 aliphatic rings. The van der Waals surface area contributed by atoms with Crippen molar-refractivity contribution in [3.05, 3.63) is 87.4 Å². The number of aliphatic hydroxyl groups is 1. The van der Waals surface area contributed by atoms with E-state index >= 15 is 0 Å². The SMILES string of the molecule is C/C=C\Cc1cccs1.CC(=O)NO.CCC=C(C)C.CCNCCO.CCc1c[nH]c2c1C=CC=CC2. The molecule has 0 fully saturated rings. The number of fused-ring (bicyclic) bond motifs is 1. The Morgan fingerprint density at radius 3 is 2.32 bits per heavy atom. The number of aliphatic hydroxyl groups excluding tert-OH is 1. The molecule has 0 atom stereocenters. The number of hydrogen-bond donors (Lipinski definition) is 5. The molecule has 1 aliphatic carbocycles. The van der Waals surface area contributed by atoms with Crippen molar-refractivity contribution in [1.82, 2.24) is 15.8 Å². The zero-order valence-corrected chi connectivity index (χ0v) is 25.3. The van der Waals surface area contributed by atoms with Crippen LogP contribution in [0, 0.1) is 0 Å². The third-order valence-electron chi connectivity index (χ3n) is 4.75. The van der Waals surface area contributed by atoms with Crippen molar-refractivity contribution < 1.29 is 15.1 Å². The summed E-state index contributed by atoms with van der Waals surface area (Å²) in [6, 6.07) is 4.24. The number of aromatic amines is 1. The Bertz CT molecular complexity index is 918. The molecule has 38 heavy (non-hydrogen) atoms. The fourth-order valence-corrected chi connectivity index (χ4v) is 3.62. The first-order valence-electron chi connectivity index (χ1n) is 13.3. The molecular weight excluding hydrogens is 494 g/mol. The number of hydroxylamine groups is 1. The molecule has 0 spiro atoms. The molecule has 0 radical (unpaired) electrons. The van der Waals surface area contributed by atoms with E-state index in [-0.39, 0.29) is 6.61 Å². The average molecular weight is 546 g/mol. The Kier molecular flexibility index (Phi) is 26.9. The number of carbonyl (C=O) groups excluding carboxylic acids is 1. The molecule has 1 amide bonds. The Labute approximate surface area is 235 Å². The maximum absolute atomic E-state index is 9.45. The number of likely N-dealkylation sites (N-methyl/N-ethyl adjacent to an activating group) is 1. The van der Waals surface area contributed by atoms with Crippen LogP contribution in [0.3, 0.4) is 0 Å². The topological polar surface area (TPSA) is 97.4 Å². The molecule has 6 nitrogen and oxygen atoms in total. The van der Waals surface area contributed by atoms with E-state index in [0.717, 1.165) is 32.4 Å². The highest BCUT2D eigenvalue weighted by molar-refractivity contribution is 7.09. The number of aromatic nitrogens is 1. The summed E-state index contributed by atoms with van der Waals surface area (Å²) in [6.45, 7) is 15.8. The van der Waals surface area contributed by atoms with Gasteiger partial charge in [0.25, 0.3) is 0 Å². The second-order valence-corrected chi connectivity index (χ2v) is 9.37. The molecule has 2 heterocycles. The number of H-pyrrole nitrogens is 1. The lowest BCUT2D eigenvalue weighted by atomic mass is 10.1. The summed E-state index contributed by atoms with van der Waals surface area (Å²) in [5.41, 5.74) is 6.96. The minimum Gasteiger partial charge on any atom is -0.395 e. The van der Waals surface area contributed by atoms with Gasteiger partial charge >= 0.3 is 0 Å². The third kappa shape index (κ3) is 22.5. The van der Waals surface area contributed by atoms with Crippen LogP contribution < -0.4 is 10.8 Å². The fraction of sp³-hybridized carbons (Fsp3) is 0.452. The van der Waals surface area contributed by atoms with Gasteiger partial charge in [-0.2, -0.15) is 0 Å². The first kappa shape index (κ1) is 37.4. The number of nitrogens with one attached hydrogen (secondary N) is 3. The largest absolute Gasteiger partial charge is 0.395 e. The number of rotatable bonds is 7. The van der Waals surface area contributed by atoms with E-state index in [1.54, 1.807) is 0 Å². The van der Waals surface area contributed by atoms with Crippen molar-refractivity contribution in [2.75, 3.05) is 19.7 Å². The molecular formula is C31H51N3O3S. The van der Waals surface area contributed by atoms with Crippen molar-refractivity contribution in [2.45, 2.75) is 74.1 Å². The van der Waals surface area contributed by atoms with Crippen molar-refractivity contribution in [3.63, 3.8) is 0 Å². The van der Waals surface area contributed by atoms with Crippen LogP contribution in [-0.4, -0.2) is 40.9 Å². The maximum Gasteiger partial charge on any atom is 0.240 e. The Hall–Kier alpha value is -2.71. The van der Waals surface area contributed by atoms with Crippen molar-refractivity contribution in [3.8, 4) is 0 Å². The number of aryl methyl sites for hydroxylation is 1. The Balaban J connectivity index is 0. The third-order valence-corrected chi connectivity index (χ3v) is 5.65. The Morgan fingerprint density at radius 2 is 1.89 bits per heavy atom. The van der Waals surface area contributed by atoms with Gasteiger partial charge in [0.05, 0.1) is 6.61 Å². The lowest BCUT2D eigenvalue weighted by Gasteiger charge is -1.96. The van der Waals surface area contributed by atoms with Crippen LogP contribution in [0.25, 0.3) is 6.08 Å². The van der Waals surface area contributed by atoms with Gasteiger partial charge in [0.2, 0.25) is 5.91 Å². The second-order valence-electron chi connectivity index (χ2n) is 8.34. The van der Waals surface area contributed by atoms with Crippen molar-refractivity contribution in [2.24, 2.45) is 0 Å². The van der Waals surface area contributed by atoms with E-state index in [1.165, 1.54) is 46.1 Å². The molecule has 2 aromatic heterocycles. The van der Waals surface area contributed by atoms with E-state index in [9.17, 15) is 4.79 Å². The van der Waals surface area contributed by atoms with Crippen LogP contribution in [-0.2, 0) is 24.1 Å². The molecule has 0 aromatic carbocycles. The minimum atomic E-state index is -0.440. The van der Waals surface area contributed by atoms with Gasteiger partial charge in [-0.1, -0.05) is 74.9 Å². The minimum absolute atomic E-state index is 0.244. The fourth-order valence-electron chi connectivity index (χ4n) is 2.94. The van der Waals surface area contributed by atoms with E-state index in [2.05, 4.69) is 104 Å². The van der Waals surface area contributed by atoms with Gasteiger partial charge in [0.15, 0.2) is 0 Å². The summed E-state index contributed by atoms with van der Waals surface area (Å²) in [7, 11) is 0. The first-order chi connectivity index (χ1) is 18.3. The number of hydrogen-bond acceptors (Lipinski definition) is 5. The molecule has 0 bridgehead atoms. The predicted molar refractivity (Wildman–Crippen MR) is 166 cm³/mol. The smallest absolute Gasteiger partial charge is 0.240 e. The summed E-state index contributed by atoms with van der Waals surface area (Å²) >= 11 is 1.81. The predicted octanol–water partition coefficient (Wildman–Crippen LogP) is 7.03. The van der Waals surface area contributed by atoms with Crippen LogP contribution in [0.15, 0.2) is 65.7 Å². The average Bonchev–Trinajstić information content (AvgIpc) is 3.51. The molecule has 214 valence electrons. The zero-order chi connectivity index (χ0) is 29.0. The number of carbonyl (C=O) groups is 1. The van der Waals surface area contributed by atoms with Gasteiger partial charge in [0, 0.05) is 36.7 Å². The standard InChI is InChI=1S/C11H13N.C8H10S.C6H12.C4H11NO.C2H5NO2/c1-2-9-8-12-11-7-5-3-4-6-10(9)11;1-2-3-5-8-6-4-7-9-8;1-4-5-6(2)3;1-2-5-3-4-6;1-2(4)3-5/h3-6,8,12H,2,7H2,1H3;2-4,6-7H,5H2,1H3;5H,4H2,1-3H3;5-6H,2-4H2,1H3;5H,1H3,(H,3,4)/b;3-2-;;;. The number of thiophene rings is 1. The van der Waals surface area contributed by atoms with E-state index in [0.29, 0.717) is 0 Å². The molecule has 3 rings (SSSR count). The van der Waals surface area contributed by atoms with Gasteiger partial charge < -0.3 is 15.4 Å². The highest BCUT2D eigenvalue weighted by Crippen LogP contribution is 2.19. The van der Waals surface area contributed by atoms with Crippen LogP contribution >= 0.6 is 11.3 Å². The summed E-state index contributed by atoms with van der Waals surface area (Å²) in [5, 5.41) is 20.7. The summed E-state index contributed by atoms with van der Waals surface area (Å²) in [5.74, 6) is -0.440. The summed E-state index contributed by atoms with van der Waals surface area (Å²) in [4.78, 5) is 14.2. The molecule has 0 unspecified atom stereocenters. The van der Waals surface area contributed by atoms with Gasteiger partial charge in [-0.05, 0) is 69.2 Å². The van der Waals surface area contributed by atoms with E-state index in [1.807, 2.05) is 25.2 Å². The van der Waals surface area contributed by atoms with Crippen molar-refractivity contribution >= 4 is 23.3 Å². The van der Waals surface area contributed by atoms with Crippen LogP contribution in [0.1, 0.15) is 76.6 Å². The van der Waals surface area contributed by atoms with Gasteiger partial charge in [-0.15, -0.1) is 11.3 Å². The van der Waals surface area contributed by atoms with Crippen LogP contribution in [0.5, 0.6) is 0 Å². The lowest BCUT2D eigenvalue weighted by Crippen LogP contribution is -2.16. The van der Waals surface area contributed by atoms with Gasteiger partial charge in [-0.25, -0.2) is 5.48 Å². The molecule has 7 heteroatoms. The van der Waals surface area contributed by atoms with Crippen LogP contribution in [0.2, 0.25) is 0 Å². The normalized spacial score (nSPS) is 10.7. The highest BCUT2D eigenvalue weighted by Gasteiger charge is 2.06. The van der Waals surface area contributed by atoms with Crippen LogP contribution in [0.4, 0.5) is 0 Å².